The van der Waals surface area contributed by atoms with Crippen LogP contribution in [-0.2, 0) is 14.3 Å². The number of fused-ring (bicyclic) bond motifs is 5. The fourth-order valence-electron chi connectivity index (χ4n) is 7.01. The molecule has 0 aliphatic heterocycles. The second kappa shape index (κ2) is 6.68. The molecular weight excluding hydrogens is 348 g/mol. The fraction of sp³-hybridized carbons (Fsp3) is 0.810. The smallest absolute Gasteiger partial charge is 0.329 e. The van der Waals surface area contributed by atoms with Crippen molar-refractivity contribution in [1.29, 1.82) is 0 Å². The van der Waals surface area contributed by atoms with E-state index in [4.69, 9.17) is 9.84 Å². The molecule has 0 amide bonds. The van der Waals surface area contributed by atoms with Gasteiger partial charge in [0.25, 0.3) is 0 Å². The third kappa shape index (κ3) is 2.79. The van der Waals surface area contributed by atoms with Crippen molar-refractivity contribution in [3.05, 3.63) is 11.6 Å². The summed E-state index contributed by atoms with van der Waals surface area (Å²) < 4.78 is 5.40. The molecule has 0 radical (unpaired) electrons. The number of hydrogen-bond donors (Lipinski definition) is 3. The highest BCUT2D eigenvalue weighted by Crippen LogP contribution is 2.66. The summed E-state index contributed by atoms with van der Waals surface area (Å²) >= 11 is 0. The zero-order valence-corrected chi connectivity index (χ0v) is 15.9. The van der Waals surface area contributed by atoms with Crippen molar-refractivity contribution < 1.29 is 29.6 Å². The summed E-state index contributed by atoms with van der Waals surface area (Å²) in [7, 11) is 0. The predicted octanol–water partition coefficient (Wildman–Crippen LogP) is 2.28. The van der Waals surface area contributed by atoms with Crippen LogP contribution in [0.25, 0.3) is 0 Å². The fourth-order valence-corrected chi connectivity index (χ4v) is 7.01. The predicted molar refractivity (Wildman–Crippen MR) is 96.6 cm³/mol. The van der Waals surface area contributed by atoms with Crippen LogP contribution in [-0.4, -0.2) is 46.1 Å². The average Bonchev–Trinajstić information content (AvgIpc) is 2.94. The van der Waals surface area contributed by atoms with E-state index in [0.29, 0.717) is 24.7 Å². The van der Waals surface area contributed by atoms with E-state index in [2.05, 4.69) is 6.92 Å². The topological polar surface area (TPSA) is 104 Å². The van der Waals surface area contributed by atoms with Gasteiger partial charge in [0.05, 0.1) is 6.10 Å². The van der Waals surface area contributed by atoms with Gasteiger partial charge in [-0.3, -0.25) is 4.79 Å². The molecule has 6 heteroatoms. The summed E-state index contributed by atoms with van der Waals surface area (Å²) in [6, 6.07) is 0. The number of ketones is 1. The number of carbonyl (C=O) groups is 2. The van der Waals surface area contributed by atoms with E-state index < -0.39 is 24.3 Å². The second-order valence-electron chi connectivity index (χ2n) is 9.29. The highest BCUT2D eigenvalue weighted by molar-refractivity contribution is 5.91. The minimum Gasteiger partial charge on any atom is -0.480 e. The molecule has 0 aromatic heterocycles. The Bertz CT molecular complexity index is 672. The lowest BCUT2D eigenvalue weighted by Crippen LogP contribution is -2.57. The van der Waals surface area contributed by atoms with E-state index in [1.54, 1.807) is 6.08 Å². The van der Waals surface area contributed by atoms with Crippen molar-refractivity contribution in [2.24, 2.45) is 28.6 Å². The van der Waals surface area contributed by atoms with Crippen LogP contribution in [0.4, 0.5) is 0 Å². The first-order valence-corrected chi connectivity index (χ1v) is 10.2. The standard InChI is InChI=1S/C21H30O6/c1-20-8-7-16-14(15(20)4-5-17(20)23)3-2-12-10-13(22)6-9-21(12,16)19(26)27-11-18(24)25/h10,14-17,19,23,26H,2-9,11H2,1H3,(H,24,25)/t14-,15-,16-,17-,19?,20-,21+/m0/s1. The third-order valence-electron chi connectivity index (χ3n) is 8.32. The zero-order valence-electron chi connectivity index (χ0n) is 15.9. The number of aliphatic hydroxyl groups is 2. The number of aliphatic hydroxyl groups excluding tert-OH is 2. The highest BCUT2D eigenvalue weighted by atomic mass is 16.6. The molecule has 4 rings (SSSR count). The Kier molecular flexibility index (Phi) is 4.72. The molecule has 0 saturated heterocycles. The summed E-state index contributed by atoms with van der Waals surface area (Å²) in [6.45, 7) is 1.66. The lowest BCUT2D eigenvalue weighted by Gasteiger charge is -2.59. The van der Waals surface area contributed by atoms with Gasteiger partial charge < -0.3 is 20.1 Å². The molecule has 0 aromatic rings. The van der Waals surface area contributed by atoms with E-state index in [-0.39, 0.29) is 23.2 Å². The van der Waals surface area contributed by atoms with Crippen molar-refractivity contribution in [1.82, 2.24) is 0 Å². The van der Waals surface area contributed by atoms with Crippen LogP contribution in [0, 0.1) is 28.6 Å². The van der Waals surface area contributed by atoms with Crippen LogP contribution in [0.1, 0.15) is 58.3 Å². The quantitative estimate of drug-likeness (QED) is 0.649. The molecule has 0 heterocycles. The van der Waals surface area contributed by atoms with Gasteiger partial charge in [0.15, 0.2) is 12.1 Å². The second-order valence-corrected chi connectivity index (χ2v) is 9.29. The van der Waals surface area contributed by atoms with E-state index >= 15 is 0 Å². The number of carboxylic acid groups (broad SMARTS) is 1. The van der Waals surface area contributed by atoms with E-state index in [1.165, 1.54) is 0 Å². The number of carboxylic acids is 1. The summed E-state index contributed by atoms with van der Waals surface area (Å²) in [5, 5.41) is 30.6. The Balaban J connectivity index is 1.70. The lowest BCUT2D eigenvalue weighted by molar-refractivity contribution is -0.215. The van der Waals surface area contributed by atoms with Crippen molar-refractivity contribution in [3.63, 3.8) is 0 Å². The molecular formula is C21H30O6. The van der Waals surface area contributed by atoms with Gasteiger partial charge in [-0.2, -0.15) is 0 Å². The first-order chi connectivity index (χ1) is 12.8. The van der Waals surface area contributed by atoms with Crippen molar-refractivity contribution in [2.45, 2.75) is 70.7 Å². The highest BCUT2D eigenvalue weighted by Gasteiger charge is 2.62. The van der Waals surface area contributed by atoms with Gasteiger partial charge in [0, 0.05) is 11.8 Å². The Hall–Kier alpha value is -1.24. The van der Waals surface area contributed by atoms with Crippen molar-refractivity contribution >= 4 is 11.8 Å². The molecule has 3 N–H and O–H groups in total. The maximum absolute atomic E-state index is 12.1. The largest absolute Gasteiger partial charge is 0.480 e. The van der Waals surface area contributed by atoms with E-state index in [9.17, 15) is 19.8 Å². The first kappa shape index (κ1) is 19.1. The number of rotatable bonds is 4. The normalized spacial score (nSPS) is 44.7. The van der Waals surface area contributed by atoms with Crippen LogP contribution in [0.2, 0.25) is 0 Å². The number of carbonyl (C=O) groups excluding carboxylic acids is 1. The summed E-state index contributed by atoms with van der Waals surface area (Å²) in [6.07, 6.45) is 6.39. The minimum absolute atomic E-state index is 0.0685. The van der Waals surface area contributed by atoms with E-state index in [1.807, 2.05) is 0 Å². The van der Waals surface area contributed by atoms with Crippen LogP contribution in [0.15, 0.2) is 11.6 Å². The van der Waals surface area contributed by atoms with Gasteiger partial charge >= 0.3 is 5.97 Å². The van der Waals surface area contributed by atoms with Crippen LogP contribution < -0.4 is 0 Å². The molecule has 1 unspecified atom stereocenters. The summed E-state index contributed by atoms with van der Waals surface area (Å²) in [5.74, 6) is -0.0760. The molecule has 150 valence electrons. The maximum atomic E-state index is 12.1. The number of aliphatic carboxylic acids is 1. The molecule has 3 fully saturated rings. The minimum atomic E-state index is -1.21. The van der Waals surface area contributed by atoms with Gasteiger partial charge in [0.1, 0.15) is 6.61 Å². The maximum Gasteiger partial charge on any atom is 0.329 e. The molecule has 4 aliphatic rings. The Morgan fingerprint density at radius 1 is 1.22 bits per heavy atom. The number of hydrogen-bond acceptors (Lipinski definition) is 5. The van der Waals surface area contributed by atoms with Crippen LogP contribution in [0.3, 0.4) is 0 Å². The molecule has 0 aromatic carbocycles. The molecule has 4 aliphatic carbocycles. The van der Waals surface area contributed by atoms with Crippen molar-refractivity contribution in [2.75, 3.05) is 6.61 Å². The van der Waals surface area contributed by atoms with Crippen LogP contribution in [0.5, 0.6) is 0 Å². The summed E-state index contributed by atoms with van der Waals surface area (Å²) in [5.41, 5.74) is 0.210. The Morgan fingerprint density at radius 3 is 2.74 bits per heavy atom. The van der Waals surface area contributed by atoms with Crippen LogP contribution >= 0.6 is 0 Å². The molecule has 6 nitrogen and oxygen atoms in total. The SMILES string of the molecule is C[C@]12CC[C@H]3[C@@H](CCC4=CC(=O)CC[C@@]43C(O)OCC(=O)O)[C@@H]1CC[C@@H]2O. The molecule has 7 atom stereocenters. The van der Waals surface area contributed by atoms with E-state index in [0.717, 1.165) is 44.1 Å². The van der Waals surface area contributed by atoms with Gasteiger partial charge in [-0.25, -0.2) is 4.79 Å². The monoisotopic (exact) mass is 378 g/mol. The molecule has 0 spiro atoms. The average molecular weight is 378 g/mol. The molecule has 3 saturated carbocycles. The third-order valence-corrected chi connectivity index (χ3v) is 8.32. The first-order valence-electron chi connectivity index (χ1n) is 10.2. The molecule has 0 bridgehead atoms. The number of ether oxygens (including phenoxy) is 1. The zero-order chi connectivity index (χ0) is 19.4. The van der Waals surface area contributed by atoms with Gasteiger partial charge in [-0.15, -0.1) is 0 Å². The Morgan fingerprint density at radius 2 is 2.00 bits per heavy atom. The van der Waals surface area contributed by atoms with Gasteiger partial charge in [0.2, 0.25) is 0 Å². The van der Waals surface area contributed by atoms with Crippen molar-refractivity contribution in [3.8, 4) is 0 Å². The summed E-state index contributed by atoms with van der Waals surface area (Å²) in [4.78, 5) is 23.0. The molecule has 27 heavy (non-hydrogen) atoms. The Labute approximate surface area is 159 Å². The lowest BCUT2D eigenvalue weighted by atomic mass is 9.46. The van der Waals surface area contributed by atoms with Gasteiger partial charge in [-0.05, 0) is 74.2 Å². The van der Waals surface area contributed by atoms with Gasteiger partial charge in [-0.1, -0.05) is 12.5 Å².